The van der Waals surface area contributed by atoms with E-state index in [9.17, 15) is 0 Å². The summed E-state index contributed by atoms with van der Waals surface area (Å²) in [5.41, 5.74) is 7.06. The normalized spacial score (nSPS) is 11.0. The molecule has 0 aliphatic heterocycles. The van der Waals surface area contributed by atoms with E-state index in [0.29, 0.717) is 22.7 Å². The zero-order valence-electron chi connectivity index (χ0n) is 9.75. The Kier molecular flexibility index (Phi) is 3.63. The van der Waals surface area contributed by atoms with E-state index in [4.69, 9.17) is 10.3 Å². The molecule has 0 amide bonds. The van der Waals surface area contributed by atoms with Crippen LogP contribution in [0.15, 0.2) is 23.0 Å². The fourth-order valence-corrected chi connectivity index (χ4v) is 1.86. The average Bonchev–Trinajstić information content (AvgIpc) is 2.75. The van der Waals surface area contributed by atoms with Crippen LogP contribution in [0, 0.1) is 0 Å². The number of hydrogen-bond donors (Lipinski definition) is 1. The quantitative estimate of drug-likeness (QED) is 0.897. The van der Waals surface area contributed by atoms with Crippen molar-refractivity contribution in [3.63, 3.8) is 0 Å². The second-order valence-electron chi connectivity index (χ2n) is 3.84. The molecule has 2 aromatic rings. The minimum Gasteiger partial charge on any atom is -0.397 e. The van der Waals surface area contributed by atoms with Gasteiger partial charge in [0, 0.05) is 6.20 Å². The van der Waals surface area contributed by atoms with Crippen molar-refractivity contribution in [3.05, 3.63) is 24.3 Å². The highest BCUT2D eigenvalue weighted by Crippen LogP contribution is 2.24. The van der Waals surface area contributed by atoms with Crippen LogP contribution in [0.4, 0.5) is 5.69 Å². The van der Waals surface area contributed by atoms with E-state index in [0.717, 1.165) is 11.3 Å². The summed E-state index contributed by atoms with van der Waals surface area (Å²) in [6.45, 7) is 4.26. The summed E-state index contributed by atoms with van der Waals surface area (Å²) in [5, 5.41) is 4.47. The Bertz CT molecular complexity index is 498. The van der Waals surface area contributed by atoms with Gasteiger partial charge in [0.1, 0.15) is 0 Å². The zero-order chi connectivity index (χ0) is 12.3. The lowest BCUT2D eigenvalue weighted by atomic mass is 10.2. The van der Waals surface area contributed by atoms with Gasteiger partial charge in [-0.15, -0.1) is 0 Å². The minimum absolute atomic E-state index is 0.448. The van der Waals surface area contributed by atoms with E-state index in [-0.39, 0.29) is 0 Å². The van der Waals surface area contributed by atoms with Crippen LogP contribution in [0.5, 0.6) is 0 Å². The molecule has 0 aliphatic rings. The van der Waals surface area contributed by atoms with Crippen molar-refractivity contribution in [1.82, 2.24) is 15.1 Å². The minimum atomic E-state index is 0.448. The van der Waals surface area contributed by atoms with Crippen LogP contribution in [0.25, 0.3) is 11.5 Å². The summed E-state index contributed by atoms with van der Waals surface area (Å²) >= 11 is 1.77. The van der Waals surface area contributed by atoms with Crippen molar-refractivity contribution in [2.75, 3.05) is 5.73 Å². The second-order valence-corrected chi connectivity index (χ2v) is 5.40. The number of aromatic nitrogens is 3. The molecule has 2 rings (SSSR count). The number of rotatable bonds is 4. The third-order valence-electron chi connectivity index (χ3n) is 2.10. The molecule has 0 unspecified atom stereocenters. The van der Waals surface area contributed by atoms with E-state index >= 15 is 0 Å². The first-order chi connectivity index (χ1) is 8.16. The maximum absolute atomic E-state index is 5.79. The molecule has 0 saturated carbocycles. The molecule has 90 valence electrons. The molecule has 0 atom stereocenters. The lowest BCUT2D eigenvalue weighted by Crippen LogP contribution is -1.92. The van der Waals surface area contributed by atoms with Gasteiger partial charge in [-0.1, -0.05) is 19.0 Å². The number of nitrogens with zero attached hydrogens (tertiary/aromatic N) is 3. The molecule has 2 heterocycles. The van der Waals surface area contributed by atoms with Gasteiger partial charge < -0.3 is 10.3 Å². The van der Waals surface area contributed by atoms with Gasteiger partial charge in [0.25, 0.3) is 5.89 Å². The van der Waals surface area contributed by atoms with Crippen LogP contribution in [0.1, 0.15) is 19.7 Å². The highest BCUT2D eigenvalue weighted by atomic mass is 32.2. The van der Waals surface area contributed by atoms with Gasteiger partial charge in [-0.25, -0.2) is 0 Å². The number of thioether (sulfide) groups is 1. The molecule has 17 heavy (non-hydrogen) atoms. The highest BCUT2D eigenvalue weighted by Gasteiger charge is 2.11. The molecule has 6 heteroatoms. The lowest BCUT2D eigenvalue weighted by Gasteiger charge is -1.99. The first kappa shape index (κ1) is 11.9. The molecule has 0 radical (unpaired) electrons. The summed E-state index contributed by atoms with van der Waals surface area (Å²) in [6.07, 6.45) is 3.22. The average molecular weight is 250 g/mol. The van der Waals surface area contributed by atoms with Gasteiger partial charge in [0.15, 0.2) is 5.82 Å². The van der Waals surface area contributed by atoms with Gasteiger partial charge >= 0.3 is 0 Å². The number of anilines is 1. The van der Waals surface area contributed by atoms with E-state index in [1.807, 2.05) is 0 Å². The number of nitrogens with two attached hydrogens (primary N) is 1. The van der Waals surface area contributed by atoms with Crippen molar-refractivity contribution in [3.8, 4) is 11.5 Å². The largest absolute Gasteiger partial charge is 0.397 e. The Morgan fingerprint density at radius 3 is 3.00 bits per heavy atom. The molecule has 0 bridgehead atoms. The van der Waals surface area contributed by atoms with Crippen LogP contribution >= 0.6 is 11.8 Å². The molecule has 2 aromatic heterocycles. The van der Waals surface area contributed by atoms with Gasteiger partial charge in [-0.2, -0.15) is 16.7 Å². The number of pyridine rings is 1. The predicted octanol–water partition coefficient (Wildman–Crippen LogP) is 2.36. The number of hydrogen-bond acceptors (Lipinski definition) is 6. The second kappa shape index (κ2) is 5.18. The maximum atomic E-state index is 5.79. The van der Waals surface area contributed by atoms with Crippen molar-refractivity contribution in [2.45, 2.75) is 24.9 Å². The summed E-state index contributed by atoms with van der Waals surface area (Å²) in [4.78, 5) is 8.22. The van der Waals surface area contributed by atoms with E-state index in [2.05, 4.69) is 29.0 Å². The molecule has 5 nitrogen and oxygen atoms in total. The fourth-order valence-electron chi connectivity index (χ4n) is 1.26. The molecule has 0 saturated heterocycles. The van der Waals surface area contributed by atoms with Crippen LogP contribution in [0.3, 0.4) is 0 Å². The summed E-state index contributed by atoms with van der Waals surface area (Å²) in [5.74, 6) is 1.88. The van der Waals surface area contributed by atoms with Gasteiger partial charge in [-0.05, 0) is 11.3 Å². The first-order valence-corrected chi connectivity index (χ1v) is 6.35. The molecule has 2 N–H and O–H groups in total. The molecular weight excluding hydrogens is 236 g/mol. The maximum Gasteiger partial charge on any atom is 0.260 e. The summed E-state index contributed by atoms with van der Waals surface area (Å²) in [6, 6.07) is 1.77. The summed E-state index contributed by atoms with van der Waals surface area (Å²) < 4.78 is 5.18. The highest BCUT2D eigenvalue weighted by molar-refractivity contribution is 7.99. The van der Waals surface area contributed by atoms with Gasteiger partial charge in [0.2, 0.25) is 0 Å². The Balaban J connectivity index is 2.16. The third kappa shape index (κ3) is 2.97. The SMILES string of the molecule is CC(C)SCc1noc(-c2ccncc2N)n1. The monoisotopic (exact) mass is 250 g/mol. The van der Waals surface area contributed by atoms with E-state index < -0.39 is 0 Å². The van der Waals surface area contributed by atoms with Gasteiger partial charge in [0.05, 0.1) is 23.2 Å². The summed E-state index contributed by atoms with van der Waals surface area (Å²) in [7, 11) is 0. The van der Waals surface area contributed by atoms with Crippen molar-refractivity contribution in [2.24, 2.45) is 0 Å². The van der Waals surface area contributed by atoms with Crippen molar-refractivity contribution < 1.29 is 4.52 Å². The van der Waals surface area contributed by atoms with Crippen LogP contribution in [-0.4, -0.2) is 20.4 Å². The lowest BCUT2D eigenvalue weighted by molar-refractivity contribution is 0.425. The first-order valence-electron chi connectivity index (χ1n) is 5.31. The molecular formula is C11H14N4OS. The van der Waals surface area contributed by atoms with Gasteiger partial charge in [-0.3, -0.25) is 4.98 Å². The molecule has 0 aliphatic carbocycles. The molecule has 0 aromatic carbocycles. The number of nitrogen functional groups attached to an aromatic ring is 1. The topological polar surface area (TPSA) is 77.8 Å². The standard InChI is InChI=1S/C11H14N4OS/c1-7(2)17-6-10-14-11(16-15-10)8-3-4-13-5-9(8)12/h3-5,7H,6,12H2,1-2H3. The molecule has 0 fully saturated rings. The van der Waals surface area contributed by atoms with Crippen LogP contribution in [0.2, 0.25) is 0 Å². The van der Waals surface area contributed by atoms with Crippen LogP contribution < -0.4 is 5.73 Å². The Morgan fingerprint density at radius 2 is 2.29 bits per heavy atom. The smallest absolute Gasteiger partial charge is 0.260 e. The Morgan fingerprint density at radius 1 is 1.47 bits per heavy atom. The Labute approximate surface area is 104 Å². The Hall–Kier alpha value is -1.56. The van der Waals surface area contributed by atoms with Crippen molar-refractivity contribution >= 4 is 17.4 Å². The van der Waals surface area contributed by atoms with E-state index in [1.54, 1.807) is 30.2 Å². The fraction of sp³-hybridized carbons (Fsp3) is 0.364. The van der Waals surface area contributed by atoms with Crippen LogP contribution in [-0.2, 0) is 5.75 Å². The van der Waals surface area contributed by atoms with E-state index in [1.165, 1.54) is 0 Å². The predicted molar refractivity (Wildman–Crippen MR) is 68.4 cm³/mol. The van der Waals surface area contributed by atoms with Crippen molar-refractivity contribution in [1.29, 1.82) is 0 Å². The third-order valence-corrected chi connectivity index (χ3v) is 3.19. The molecule has 0 spiro atoms. The zero-order valence-corrected chi connectivity index (χ0v) is 10.6.